The van der Waals surface area contributed by atoms with Crippen LogP contribution in [0.15, 0.2) is 103 Å². The largest absolute Gasteiger partial charge is 0.471 e. The Morgan fingerprint density at radius 1 is 0.810 bits per heavy atom. The maximum atomic E-state index is 14.0. The summed E-state index contributed by atoms with van der Waals surface area (Å²) in [6.07, 6.45) is -0.0213. The van der Waals surface area contributed by atoms with E-state index in [1.165, 1.54) is 0 Å². The van der Waals surface area contributed by atoms with Gasteiger partial charge in [-0.3, -0.25) is 19.7 Å². The lowest BCUT2D eigenvalue weighted by molar-refractivity contribution is -0.190. The van der Waals surface area contributed by atoms with Crippen LogP contribution in [-0.2, 0) is 24.3 Å². The Hall–Kier alpha value is -4.30. The lowest BCUT2D eigenvalue weighted by Crippen LogP contribution is -2.54. The van der Waals surface area contributed by atoms with Crippen molar-refractivity contribution in [2.45, 2.75) is 50.6 Å². The summed E-state index contributed by atoms with van der Waals surface area (Å²) in [7, 11) is 0. The third-order valence-electron chi connectivity index (χ3n) is 8.26. The molecule has 3 aromatic carbocycles. The normalized spacial score (nSPS) is 17.9. The molecule has 0 bridgehead atoms. The summed E-state index contributed by atoms with van der Waals surface area (Å²) in [5, 5.41) is 1.82. The molecule has 5 aromatic rings. The average molecular weight is 569 g/mol. The number of hydrogen-bond acceptors (Lipinski definition) is 4. The van der Waals surface area contributed by atoms with E-state index < -0.39 is 18.1 Å². The van der Waals surface area contributed by atoms with Gasteiger partial charge < -0.3 is 4.90 Å². The number of carbonyl (C=O) groups is 1. The Morgan fingerprint density at radius 3 is 2.07 bits per heavy atom. The van der Waals surface area contributed by atoms with Crippen LogP contribution < -0.4 is 0 Å². The van der Waals surface area contributed by atoms with Crippen LogP contribution >= 0.6 is 0 Å². The van der Waals surface area contributed by atoms with Gasteiger partial charge in [0.15, 0.2) is 0 Å². The van der Waals surface area contributed by atoms with Crippen LogP contribution in [0.25, 0.3) is 21.8 Å². The van der Waals surface area contributed by atoms with Crippen LogP contribution in [0.4, 0.5) is 13.2 Å². The van der Waals surface area contributed by atoms with Gasteiger partial charge in [0.25, 0.3) is 0 Å². The number of nitrogens with zero attached hydrogens (tertiary/aromatic N) is 4. The van der Waals surface area contributed by atoms with Gasteiger partial charge in [0.1, 0.15) is 0 Å². The first-order valence-corrected chi connectivity index (χ1v) is 14.2. The fourth-order valence-electron chi connectivity index (χ4n) is 6.19. The molecule has 0 unspecified atom stereocenters. The van der Waals surface area contributed by atoms with Crippen molar-refractivity contribution in [3.05, 3.63) is 120 Å². The zero-order chi connectivity index (χ0) is 29.1. The van der Waals surface area contributed by atoms with E-state index >= 15 is 0 Å². The molecule has 42 heavy (non-hydrogen) atoms. The lowest BCUT2D eigenvalue weighted by Gasteiger charge is -2.44. The zero-order valence-corrected chi connectivity index (χ0v) is 23.0. The third-order valence-corrected chi connectivity index (χ3v) is 8.26. The molecule has 1 aliphatic heterocycles. The molecule has 2 atom stereocenters. The number of carbonyl (C=O) groups excluding carboxylic acids is 1. The molecule has 0 aliphatic carbocycles. The number of fused-ring (bicyclic) bond motifs is 2. The molecule has 0 saturated carbocycles. The topological polar surface area (TPSA) is 49.3 Å². The number of para-hydroxylation sites is 2. The second-order valence-electron chi connectivity index (χ2n) is 10.9. The molecule has 1 saturated heterocycles. The first-order valence-electron chi connectivity index (χ1n) is 14.2. The van der Waals surface area contributed by atoms with E-state index in [0.29, 0.717) is 43.4 Å². The molecule has 2 aromatic heterocycles. The smallest absolute Gasteiger partial charge is 0.327 e. The van der Waals surface area contributed by atoms with Crippen LogP contribution in [0.5, 0.6) is 0 Å². The Kier molecular flexibility index (Phi) is 7.89. The van der Waals surface area contributed by atoms with Gasteiger partial charge >= 0.3 is 12.1 Å². The summed E-state index contributed by atoms with van der Waals surface area (Å²) in [4.78, 5) is 25.2. The van der Waals surface area contributed by atoms with E-state index in [1.54, 1.807) is 18.5 Å². The minimum absolute atomic E-state index is 0.0594. The first-order chi connectivity index (χ1) is 20.4. The van der Waals surface area contributed by atoms with Crippen molar-refractivity contribution in [1.82, 2.24) is 19.8 Å². The molecule has 0 radical (unpaired) electrons. The highest BCUT2D eigenvalue weighted by atomic mass is 19.4. The van der Waals surface area contributed by atoms with Gasteiger partial charge in [-0.1, -0.05) is 66.7 Å². The Morgan fingerprint density at radius 2 is 1.40 bits per heavy atom. The van der Waals surface area contributed by atoms with Crippen LogP contribution in [0.1, 0.15) is 29.5 Å². The van der Waals surface area contributed by atoms with Crippen molar-refractivity contribution in [3.8, 4) is 0 Å². The van der Waals surface area contributed by atoms with Crippen molar-refractivity contribution in [2.24, 2.45) is 0 Å². The molecule has 0 spiro atoms. The van der Waals surface area contributed by atoms with Gasteiger partial charge in [0.2, 0.25) is 0 Å². The monoisotopic (exact) mass is 568 g/mol. The second kappa shape index (κ2) is 11.9. The minimum Gasteiger partial charge on any atom is -0.327 e. The standard InChI is InChI=1S/C34H31F3N4O/c35-34(36,37)33(42)41(23-26-15-18-39-32-13-7-5-11-30(26)32)27-16-19-40(28(21-27)20-24-8-2-1-3-9-24)22-25-14-17-38-31-12-6-4-10-29(25)31/h1-15,17-18,27-28H,16,19-23H2/t27-,28+/m0/s1. The molecular weight excluding hydrogens is 537 g/mol. The number of rotatable bonds is 7. The maximum Gasteiger partial charge on any atom is 0.471 e. The van der Waals surface area contributed by atoms with Crippen LogP contribution in [0.2, 0.25) is 0 Å². The third kappa shape index (κ3) is 5.99. The summed E-state index contributed by atoms with van der Waals surface area (Å²) < 4.78 is 42.0. The molecule has 1 aliphatic rings. The van der Waals surface area contributed by atoms with Crippen molar-refractivity contribution in [1.29, 1.82) is 0 Å². The molecule has 1 amide bonds. The predicted octanol–water partition coefficient (Wildman–Crippen LogP) is 6.95. The predicted molar refractivity (Wildman–Crippen MR) is 157 cm³/mol. The number of likely N-dealkylation sites (tertiary alicyclic amines) is 1. The van der Waals surface area contributed by atoms with E-state index in [0.717, 1.165) is 32.3 Å². The van der Waals surface area contributed by atoms with Gasteiger partial charge in [-0.25, -0.2) is 0 Å². The summed E-state index contributed by atoms with van der Waals surface area (Å²) in [5.41, 5.74) is 4.50. The fourth-order valence-corrected chi connectivity index (χ4v) is 6.19. The van der Waals surface area contributed by atoms with Gasteiger partial charge in [0.05, 0.1) is 11.0 Å². The quantitative estimate of drug-likeness (QED) is 0.213. The number of halogens is 3. The molecule has 0 N–H and O–H groups in total. The van der Waals surface area contributed by atoms with Crippen LogP contribution in [0.3, 0.4) is 0 Å². The van der Waals surface area contributed by atoms with Crippen LogP contribution in [0, 0.1) is 0 Å². The molecule has 6 rings (SSSR count). The van der Waals surface area contributed by atoms with E-state index in [4.69, 9.17) is 0 Å². The van der Waals surface area contributed by atoms with E-state index in [2.05, 4.69) is 20.9 Å². The van der Waals surface area contributed by atoms with Crippen molar-refractivity contribution >= 4 is 27.7 Å². The van der Waals surface area contributed by atoms with E-state index in [1.807, 2.05) is 78.9 Å². The molecule has 8 heteroatoms. The molecule has 214 valence electrons. The second-order valence-corrected chi connectivity index (χ2v) is 10.9. The summed E-state index contributed by atoms with van der Waals surface area (Å²) >= 11 is 0. The van der Waals surface area contributed by atoms with Crippen molar-refractivity contribution < 1.29 is 18.0 Å². The molecule has 3 heterocycles. The maximum absolute atomic E-state index is 14.0. The molecule has 5 nitrogen and oxygen atoms in total. The Labute approximate surface area is 242 Å². The van der Waals surface area contributed by atoms with E-state index in [-0.39, 0.29) is 12.6 Å². The highest BCUT2D eigenvalue weighted by Gasteiger charge is 2.46. The number of alkyl halides is 3. The van der Waals surface area contributed by atoms with Gasteiger partial charge in [-0.05, 0) is 60.2 Å². The number of aromatic nitrogens is 2. The highest BCUT2D eigenvalue weighted by molar-refractivity contribution is 5.85. The van der Waals surface area contributed by atoms with Gasteiger partial charge in [-0.15, -0.1) is 0 Å². The Balaban J connectivity index is 1.32. The summed E-state index contributed by atoms with van der Waals surface area (Å²) in [5.74, 6) is -1.79. The lowest BCUT2D eigenvalue weighted by atomic mass is 9.90. The first kappa shape index (κ1) is 27.8. The fraction of sp³-hybridized carbons (Fsp3) is 0.265. The van der Waals surface area contributed by atoms with Crippen molar-refractivity contribution in [2.75, 3.05) is 6.54 Å². The van der Waals surface area contributed by atoms with Gasteiger partial charge in [-0.2, -0.15) is 13.2 Å². The van der Waals surface area contributed by atoms with Crippen molar-refractivity contribution in [3.63, 3.8) is 0 Å². The molecule has 1 fully saturated rings. The minimum atomic E-state index is -4.97. The van der Waals surface area contributed by atoms with Crippen LogP contribution in [-0.4, -0.2) is 50.5 Å². The average Bonchev–Trinajstić information content (AvgIpc) is 3.01. The van der Waals surface area contributed by atoms with E-state index in [9.17, 15) is 18.0 Å². The van der Waals surface area contributed by atoms with Gasteiger partial charge in [0, 0.05) is 54.9 Å². The number of hydrogen-bond donors (Lipinski definition) is 0. The summed E-state index contributed by atoms with van der Waals surface area (Å²) in [6, 6.07) is 28.4. The highest BCUT2D eigenvalue weighted by Crippen LogP contribution is 2.32. The number of piperidine rings is 1. The number of pyridine rings is 2. The molecular formula is C34H31F3N4O. The summed E-state index contributed by atoms with van der Waals surface area (Å²) in [6.45, 7) is 1.09. The zero-order valence-electron chi connectivity index (χ0n) is 23.0. The SMILES string of the molecule is O=C(N(Cc1ccnc2ccccc12)[C@H]1CCN(Cc2ccnc3ccccc23)[C@H](Cc2ccccc2)C1)C(F)(F)F. The number of benzene rings is 3. The number of amides is 1. The Bertz CT molecular complexity index is 1680.